The molecular formula is C19H20O4. The summed E-state index contributed by atoms with van der Waals surface area (Å²) in [6.45, 7) is 2.57. The topological polar surface area (TPSA) is 44.8 Å². The third-order valence-corrected chi connectivity index (χ3v) is 3.25. The third-order valence-electron chi connectivity index (χ3n) is 3.25. The Labute approximate surface area is 136 Å². The summed E-state index contributed by atoms with van der Waals surface area (Å²) < 4.78 is 15.7. The van der Waals surface area contributed by atoms with E-state index < -0.39 is 0 Å². The van der Waals surface area contributed by atoms with Crippen molar-refractivity contribution in [1.82, 2.24) is 0 Å². The van der Waals surface area contributed by atoms with Crippen LogP contribution in [0, 0.1) is 0 Å². The van der Waals surface area contributed by atoms with Gasteiger partial charge in [-0.25, -0.2) is 0 Å². The van der Waals surface area contributed by atoms with Gasteiger partial charge in [-0.3, -0.25) is 4.79 Å². The Hall–Kier alpha value is -2.75. The zero-order valence-corrected chi connectivity index (χ0v) is 13.5. The minimum atomic E-state index is -0.115. The van der Waals surface area contributed by atoms with Crippen LogP contribution in [0.2, 0.25) is 0 Å². The molecule has 0 aliphatic rings. The summed E-state index contributed by atoms with van der Waals surface area (Å²) in [6, 6.07) is 12.7. The van der Waals surface area contributed by atoms with Crippen molar-refractivity contribution < 1.29 is 19.0 Å². The number of methoxy groups -OCH3 is 2. The van der Waals surface area contributed by atoms with Crippen LogP contribution in [0.15, 0.2) is 48.5 Å². The van der Waals surface area contributed by atoms with Gasteiger partial charge in [0.05, 0.1) is 20.8 Å². The summed E-state index contributed by atoms with van der Waals surface area (Å²) in [7, 11) is 3.11. The Morgan fingerprint density at radius 2 is 1.57 bits per heavy atom. The zero-order chi connectivity index (χ0) is 16.7. The molecule has 0 aliphatic heterocycles. The van der Waals surface area contributed by atoms with Crippen molar-refractivity contribution in [2.45, 2.75) is 6.92 Å². The SMILES string of the molecule is CCOc1ccc(C=CC(=O)c2cc(OC)cc(OC)c2)cc1. The number of benzene rings is 2. The van der Waals surface area contributed by atoms with Crippen LogP contribution < -0.4 is 14.2 Å². The molecule has 2 aromatic rings. The molecule has 0 saturated heterocycles. The molecular weight excluding hydrogens is 292 g/mol. The molecule has 0 spiro atoms. The van der Waals surface area contributed by atoms with Crippen LogP contribution in [-0.2, 0) is 0 Å². The average Bonchev–Trinajstić information content (AvgIpc) is 2.60. The highest BCUT2D eigenvalue weighted by Gasteiger charge is 2.07. The van der Waals surface area contributed by atoms with E-state index in [4.69, 9.17) is 14.2 Å². The van der Waals surface area contributed by atoms with Crippen LogP contribution in [0.3, 0.4) is 0 Å². The lowest BCUT2D eigenvalue weighted by Crippen LogP contribution is -1.97. The summed E-state index contributed by atoms with van der Waals surface area (Å²) in [4.78, 5) is 12.3. The van der Waals surface area contributed by atoms with E-state index in [1.165, 1.54) is 6.08 Å². The molecule has 0 amide bonds. The molecule has 4 nitrogen and oxygen atoms in total. The fourth-order valence-electron chi connectivity index (χ4n) is 2.06. The van der Waals surface area contributed by atoms with E-state index in [0.717, 1.165) is 11.3 Å². The first-order chi connectivity index (χ1) is 11.2. The first-order valence-corrected chi connectivity index (χ1v) is 7.34. The molecule has 0 aromatic heterocycles. The highest BCUT2D eigenvalue weighted by molar-refractivity contribution is 6.07. The van der Waals surface area contributed by atoms with Gasteiger partial charge in [0, 0.05) is 11.6 Å². The number of ketones is 1. The molecule has 2 aromatic carbocycles. The highest BCUT2D eigenvalue weighted by Crippen LogP contribution is 2.23. The van der Waals surface area contributed by atoms with Gasteiger partial charge in [-0.15, -0.1) is 0 Å². The second kappa shape index (κ2) is 8.03. The van der Waals surface area contributed by atoms with Crippen molar-refractivity contribution in [3.05, 3.63) is 59.7 Å². The van der Waals surface area contributed by atoms with Gasteiger partial charge in [-0.2, -0.15) is 0 Å². The van der Waals surface area contributed by atoms with E-state index >= 15 is 0 Å². The minimum absolute atomic E-state index is 0.115. The first kappa shape index (κ1) is 16.6. The van der Waals surface area contributed by atoms with Crippen LogP contribution >= 0.6 is 0 Å². The smallest absolute Gasteiger partial charge is 0.186 e. The van der Waals surface area contributed by atoms with Crippen molar-refractivity contribution in [2.24, 2.45) is 0 Å². The van der Waals surface area contributed by atoms with E-state index in [1.54, 1.807) is 38.5 Å². The summed E-state index contributed by atoms with van der Waals surface area (Å²) in [6.07, 6.45) is 3.30. The van der Waals surface area contributed by atoms with E-state index in [2.05, 4.69) is 0 Å². The van der Waals surface area contributed by atoms with Gasteiger partial charge in [-0.05, 0) is 42.8 Å². The highest BCUT2D eigenvalue weighted by atomic mass is 16.5. The predicted octanol–water partition coefficient (Wildman–Crippen LogP) is 4.00. The van der Waals surface area contributed by atoms with Gasteiger partial charge in [-0.1, -0.05) is 18.2 Å². The average molecular weight is 312 g/mol. The molecule has 4 heteroatoms. The monoisotopic (exact) mass is 312 g/mol. The molecule has 0 bridgehead atoms. The number of hydrogen-bond donors (Lipinski definition) is 0. The number of carbonyl (C=O) groups excluding carboxylic acids is 1. The lowest BCUT2D eigenvalue weighted by molar-refractivity contribution is 0.104. The van der Waals surface area contributed by atoms with Crippen LogP contribution in [0.5, 0.6) is 17.2 Å². The first-order valence-electron chi connectivity index (χ1n) is 7.34. The molecule has 0 N–H and O–H groups in total. The predicted molar refractivity (Wildman–Crippen MR) is 90.5 cm³/mol. The Kier molecular flexibility index (Phi) is 5.80. The van der Waals surface area contributed by atoms with Crippen molar-refractivity contribution in [3.63, 3.8) is 0 Å². The number of ether oxygens (including phenoxy) is 3. The van der Waals surface area contributed by atoms with Gasteiger partial charge < -0.3 is 14.2 Å². The van der Waals surface area contributed by atoms with Crippen LogP contribution in [0.25, 0.3) is 6.08 Å². The van der Waals surface area contributed by atoms with Gasteiger partial charge in [0.1, 0.15) is 17.2 Å². The Morgan fingerprint density at radius 1 is 0.957 bits per heavy atom. The molecule has 0 aliphatic carbocycles. The maximum Gasteiger partial charge on any atom is 0.186 e. The lowest BCUT2D eigenvalue weighted by atomic mass is 10.1. The van der Waals surface area contributed by atoms with E-state index in [9.17, 15) is 4.79 Å². The maximum atomic E-state index is 12.3. The Balaban J connectivity index is 2.14. The largest absolute Gasteiger partial charge is 0.497 e. The molecule has 23 heavy (non-hydrogen) atoms. The van der Waals surface area contributed by atoms with Gasteiger partial charge in [0.15, 0.2) is 5.78 Å². The third kappa shape index (κ3) is 4.61. The summed E-state index contributed by atoms with van der Waals surface area (Å²) in [5.41, 5.74) is 1.44. The Morgan fingerprint density at radius 3 is 2.09 bits per heavy atom. The van der Waals surface area contributed by atoms with Crippen LogP contribution in [0.4, 0.5) is 0 Å². The molecule has 0 fully saturated rings. The molecule has 0 atom stereocenters. The summed E-state index contributed by atoms with van der Waals surface area (Å²) >= 11 is 0. The molecule has 120 valence electrons. The minimum Gasteiger partial charge on any atom is -0.497 e. The van der Waals surface area contributed by atoms with Gasteiger partial charge in [0.2, 0.25) is 0 Å². The van der Waals surface area contributed by atoms with E-state index in [0.29, 0.717) is 23.7 Å². The number of carbonyl (C=O) groups is 1. The van der Waals surface area contributed by atoms with Crippen LogP contribution in [0.1, 0.15) is 22.8 Å². The van der Waals surface area contributed by atoms with Gasteiger partial charge in [0.25, 0.3) is 0 Å². The quantitative estimate of drug-likeness (QED) is 0.572. The number of hydrogen-bond acceptors (Lipinski definition) is 4. The van der Waals surface area contributed by atoms with Crippen molar-refractivity contribution >= 4 is 11.9 Å². The van der Waals surface area contributed by atoms with Crippen molar-refractivity contribution in [1.29, 1.82) is 0 Å². The molecule has 0 saturated carbocycles. The molecule has 0 radical (unpaired) electrons. The second-order valence-corrected chi connectivity index (χ2v) is 4.80. The summed E-state index contributed by atoms with van der Waals surface area (Å²) in [5, 5.41) is 0. The van der Waals surface area contributed by atoms with Gasteiger partial charge >= 0.3 is 0 Å². The maximum absolute atomic E-state index is 12.3. The second-order valence-electron chi connectivity index (χ2n) is 4.80. The Bertz CT molecular complexity index is 665. The molecule has 0 heterocycles. The summed E-state index contributed by atoms with van der Waals surface area (Å²) in [5.74, 6) is 1.87. The number of allylic oxidation sites excluding steroid dienone is 1. The van der Waals surface area contributed by atoms with Crippen molar-refractivity contribution in [3.8, 4) is 17.2 Å². The molecule has 2 rings (SSSR count). The van der Waals surface area contributed by atoms with Crippen LogP contribution in [-0.4, -0.2) is 26.6 Å². The lowest BCUT2D eigenvalue weighted by Gasteiger charge is -2.06. The van der Waals surface area contributed by atoms with Crippen molar-refractivity contribution in [2.75, 3.05) is 20.8 Å². The van der Waals surface area contributed by atoms with E-state index in [1.807, 2.05) is 31.2 Å². The standard InChI is InChI=1S/C19H20O4/c1-4-23-16-8-5-14(6-9-16)7-10-19(20)15-11-17(21-2)13-18(12-15)22-3/h5-13H,4H2,1-3H3. The van der Waals surface area contributed by atoms with E-state index in [-0.39, 0.29) is 5.78 Å². The fraction of sp³-hybridized carbons (Fsp3) is 0.211. The fourth-order valence-corrected chi connectivity index (χ4v) is 2.06. The number of rotatable bonds is 7. The molecule has 0 unspecified atom stereocenters. The normalized spacial score (nSPS) is 10.6. The zero-order valence-electron chi connectivity index (χ0n) is 13.5.